The Morgan fingerprint density at radius 1 is 1.03 bits per heavy atom. The summed E-state index contributed by atoms with van der Waals surface area (Å²) in [5, 5.41) is 7.29. The molecule has 3 rings (SSSR count). The number of anilines is 1. The third-order valence-corrected chi connectivity index (χ3v) is 4.65. The van der Waals surface area contributed by atoms with Crippen LogP contribution in [0, 0.1) is 6.92 Å². The summed E-state index contributed by atoms with van der Waals surface area (Å²) in [5.41, 5.74) is 3.30. The average molecular weight is 409 g/mol. The molecule has 0 saturated carbocycles. The van der Waals surface area contributed by atoms with Gasteiger partial charge in [0, 0.05) is 16.5 Å². The van der Waals surface area contributed by atoms with Gasteiger partial charge in [-0.25, -0.2) is 4.98 Å². The molecule has 0 fully saturated rings. The maximum atomic E-state index is 12.0. The molecular weight excluding hydrogens is 390 g/mol. The van der Waals surface area contributed by atoms with Gasteiger partial charge in [0.15, 0.2) is 11.7 Å². The number of thiazole rings is 1. The number of hydrogen-bond acceptors (Lipinski definition) is 6. The minimum atomic E-state index is -0.705. The van der Waals surface area contributed by atoms with Gasteiger partial charge in [0.2, 0.25) is 0 Å². The highest BCUT2D eigenvalue weighted by atomic mass is 32.1. The number of rotatable bonds is 7. The molecule has 2 aromatic carbocycles. The lowest BCUT2D eigenvalue weighted by molar-refractivity contribution is -0.146. The number of aryl methyl sites for hydroxylation is 1. The van der Waals surface area contributed by atoms with Crippen LogP contribution in [-0.2, 0) is 14.3 Å². The Morgan fingerprint density at radius 2 is 1.76 bits per heavy atom. The van der Waals surface area contributed by atoms with E-state index in [4.69, 9.17) is 4.74 Å². The van der Waals surface area contributed by atoms with Crippen LogP contribution in [0.15, 0.2) is 60.0 Å². The van der Waals surface area contributed by atoms with E-state index < -0.39 is 24.4 Å². The minimum Gasteiger partial charge on any atom is -0.454 e. The van der Waals surface area contributed by atoms with Gasteiger partial charge in [0.1, 0.15) is 6.54 Å². The summed E-state index contributed by atoms with van der Waals surface area (Å²) in [4.78, 5) is 39.9. The SMILES string of the molecule is Cc1ccc(-c2csc(NC(=O)COC(=O)CNC(=O)c3ccccc3)n2)cc1. The fourth-order valence-corrected chi connectivity index (χ4v) is 3.12. The first-order valence-electron chi connectivity index (χ1n) is 8.82. The summed E-state index contributed by atoms with van der Waals surface area (Å²) in [6, 6.07) is 16.4. The van der Waals surface area contributed by atoms with E-state index in [-0.39, 0.29) is 6.54 Å². The number of amides is 2. The first-order valence-corrected chi connectivity index (χ1v) is 9.70. The first kappa shape index (κ1) is 20.2. The molecule has 1 heterocycles. The van der Waals surface area contributed by atoms with Gasteiger partial charge in [-0.3, -0.25) is 19.7 Å². The molecule has 0 atom stereocenters. The Kier molecular flexibility index (Phi) is 6.70. The van der Waals surface area contributed by atoms with E-state index >= 15 is 0 Å². The highest BCUT2D eigenvalue weighted by Crippen LogP contribution is 2.25. The van der Waals surface area contributed by atoms with Crippen LogP contribution >= 0.6 is 11.3 Å². The number of nitrogens with zero attached hydrogens (tertiary/aromatic N) is 1. The van der Waals surface area contributed by atoms with Gasteiger partial charge >= 0.3 is 5.97 Å². The van der Waals surface area contributed by atoms with E-state index in [1.165, 1.54) is 11.3 Å². The smallest absolute Gasteiger partial charge is 0.325 e. The second-order valence-electron chi connectivity index (χ2n) is 6.16. The number of esters is 1. The summed E-state index contributed by atoms with van der Waals surface area (Å²) < 4.78 is 4.88. The Labute approximate surface area is 171 Å². The molecule has 2 amide bonds. The number of carbonyl (C=O) groups excluding carboxylic acids is 3. The maximum absolute atomic E-state index is 12.0. The van der Waals surface area contributed by atoms with Crippen molar-refractivity contribution in [2.24, 2.45) is 0 Å². The summed E-state index contributed by atoms with van der Waals surface area (Å²) in [5.74, 6) is -1.60. The van der Waals surface area contributed by atoms with Crippen molar-refractivity contribution in [3.63, 3.8) is 0 Å². The molecule has 0 bridgehead atoms. The van der Waals surface area contributed by atoms with Gasteiger partial charge in [-0.15, -0.1) is 11.3 Å². The molecule has 8 heteroatoms. The maximum Gasteiger partial charge on any atom is 0.325 e. The molecule has 0 saturated heterocycles. The first-order chi connectivity index (χ1) is 14.0. The van der Waals surface area contributed by atoms with Crippen LogP contribution in [0.2, 0.25) is 0 Å². The van der Waals surface area contributed by atoms with E-state index in [1.54, 1.807) is 30.3 Å². The van der Waals surface area contributed by atoms with Gasteiger partial charge in [-0.1, -0.05) is 48.0 Å². The third-order valence-electron chi connectivity index (χ3n) is 3.89. The van der Waals surface area contributed by atoms with E-state index in [9.17, 15) is 14.4 Å². The average Bonchev–Trinajstić information content (AvgIpc) is 3.20. The summed E-state index contributed by atoms with van der Waals surface area (Å²) >= 11 is 1.28. The third kappa shape index (κ3) is 5.98. The minimum absolute atomic E-state index is 0.324. The normalized spacial score (nSPS) is 10.2. The second-order valence-corrected chi connectivity index (χ2v) is 7.02. The van der Waals surface area contributed by atoms with Gasteiger partial charge in [-0.2, -0.15) is 0 Å². The van der Waals surface area contributed by atoms with Crippen LogP contribution in [-0.4, -0.2) is 35.9 Å². The Hall–Kier alpha value is -3.52. The Morgan fingerprint density at radius 3 is 2.48 bits per heavy atom. The molecule has 0 aliphatic heterocycles. The number of ether oxygens (including phenoxy) is 1. The van der Waals surface area contributed by atoms with Crippen LogP contribution < -0.4 is 10.6 Å². The molecule has 7 nitrogen and oxygen atoms in total. The lowest BCUT2D eigenvalue weighted by Gasteiger charge is -2.06. The highest BCUT2D eigenvalue weighted by Gasteiger charge is 2.12. The zero-order valence-electron chi connectivity index (χ0n) is 15.7. The van der Waals surface area contributed by atoms with Gasteiger partial charge < -0.3 is 10.1 Å². The van der Waals surface area contributed by atoms with Crippen molar-refractivity contribution in [1.29, 1.82) is 0 Å². The molecule has 1 aromatic heterocycles. The van der Waals surface area contributed by atoms with Crippen LogP contribution in [0.3, 0.4) is 0 Å². The van der Waals surface area contributed by atoms with Crippen LogP contribution in [0.4, 0.5) is 5.13 Å². The summed E-state index contributed by atoms with van der Waals surface area (Å²) in [6.45, 7) is 1.22. The summed E-state index contributed by atoms with van der Waals surface area (Å²) in [6.07, 6.45) is 0. The van der Waals surface area contributed by atoms with Crippen LogP contribution in [0.5, 0.6) is 0 Å². The van der Waals surface area contributed by atoms with Gasteiger partial charge in [0.25, 0.3) is 11.8 Å². The zero-order chi connectivity index (χ0) is 20.6. The molecule has 3 aromatic rings. The van der Waals surface area contributed by atoms with Crippen molar-refractivity contribution in [1.82, 2.24) is 10.3 Å². The zero-order valence-corrected chi connectivity index (χ0v) is 16.5. The van der Waals surface area contributed by atoms with Gasteiger partial charge in [-0.05, 0) is 19.1 Å². The number of aromatic nitrogens is 1. The predicted molar refractivity (Wildman–Crippen MR) is 111 cm³/mol. The van der Waals surface area contributed by atoms with Crippen molar-refractivity contribution in [2.75, 3.05) is 18.5 Å². The monoisotopic (exact) mass is 409 g/mol. The number of hydrogen-bond donors (Lipinski definition) is 2. The molecule has 0 radical (unpaired) electrons. The van der Waals surface area contributed by atoms with Crippen LogP contribution in [0.1, 0.15) is 15.9 Å². The quantitative estimate of drug-likeness (QED) is 0.585. The lowest BCUT2D eigenvalue weighted by Crippen LogP contribution is -2.32. The molecule has 29 heavy (non-hydrogen) atoms. The van der Waals surface area contributed by atoms with Gasteiger partial charge in [0.05, 0.1) is 5.69 Å². The van der Waals surface area contributed by atoms with Crippen molar-refractivity contribution in [2.45, 2.75) is 6.92 Å². The molecule has 0 spiro atoms. The predicted octanol–water partition coefficient (Wildman–Crippen LogP) is 3.03. The topological polar surface area (TPSA) is 97.4 Å². The van der Waals surface area contributed by atoms with E-state index in [0.29, 0.717) is 10.7 Å². The number of benzene rings is 2. The molecule has 0 unspecified atom stereocenters. The number of carbonyl (C=O) groups is 3. The van der Waals surface area contributed by atoms with Crippen LogP contribution in [0.25, 0.3) is 11.3 Å². The standard InChI is InChI=1S/C21H19N3O4S/c1-14-7-9-15(10-8-14)17-13-29-21(23-17)24-18(25)12-28-19(26)11-22-20(27)16-5-3-2-4-6-16/h2-10,13H,11-12H2,1H3,(H,22,27)(H,23,24,25). The molecule has 0 aliphatic carbocycles. The Bertz CT molecular complexity index is 1000. The molecule has 148 valence electrons. The fraction of sp³-hybridized carbons (Fsp3) is 0.143. The van der Waals surface area contributed by atoms with Crippen molar-refractivity contribution in [3.8, 4) is 11.3 Å². The summed E-state index contributed by atoms with van der Waals surface area (Å²) in [7, 11) is 0. The number of nitrogens with one attached hydrogen (secondary N) is 2. The molecule has 2 N–H and O–H groups in total. The highest BCUT2D eigenvalue weighted by molar-refractivity contribution is 7.14. The Balaban J connectivity index is 1.42. The van der Waals surface area contributed by atoms with E-state index in [0.717, 1.165) is 16.8 Å². The van der Waals surface area contributed by atoms with E-state index in [1.807, 2.05) is 36.6 Å². The molecule has 0 aliphatic rings. The van der Waals surface area contributed by atoms with Crippen molar-refractivity contribution < 1.29 is 19.1 Å². The fourth-order valence-electron chi connectivity index (χ4n) is 2.38. The second kappa shape index (κ2) is 9.61. The van der Waals surface area contributed by atoms with Crippen molar-refractivity contribution >= 4 is 34.3 Å². The lowest BCUT2D eigenvalue weighted by atomic mass is 10.1. The molecular formula is C21H19N3O4S. The largest absolute Gasteiger partial charge is 0.454 e. The van der Waals surface area contributed by atoms with Crippen molar-refractivity contribution in [3.05, 3.63) is 71.1 Å². The van der Waals surface area contributed by atoms with E-state index in [2.05, 4.69) is 15.6 Å².